The van der Waals surface area contributed by atoms with Gasteiger partial charge in [0, 0.05) is 18.8 Å². The molecule has 1 aromatic rings. The van der Waals surface area contributed by atoms with Gasteiger partial charge in [-0.3, -0.25) is 4.79 Å². The number of carbonyl (C=O) groups is 2. The Morgan fingerprint density at radius 3 is 2.81 bits per heavy atom. The summed E-state index contributed by atoms with van der Waals surface area (Å²) >= 11 is 0. The van der Waals surface area contributed by atoms with Crippen LogP contribution in [-0.2, 0) is 9.59 Å². The molecule has 2 aliphatic rings. The number of para-hydroxylation sites is 1. The van der Waals surface area contributed by atoms with Crippen LogP contribution in [0, 0.1) is 0 Å². The van der Waals surface area contributed by atoms with Crippen LogP contribution in [0.5, 0.6) is 0 Å². The van der Waals surface area contributed by atoms with Crippen LogP contribution in [0.3, 0.4) is 0 Å². The van der Waals surface area contributed by atoms with Gasteiger partial charge in [-0.1, -0.05) is 18.2 Å². The van der Waals surface area contributed by atoms with Gasteiger partial charge in [-0.05, 0) is 37.3 Å². The molecule has 21 heavy (non-hydrogen) atoms. The van der Waals surface area contributed by atoms with E-state index in [1.165, 1.54) is 0 Å². The molecule has 0 aromatic heterocycles. The van der Waals surface area contributed by atoms with E-state index in [-0.39, 0.29) is 11.8 Å². The first-order valence-corrected chi connectivity index (χ1v) is 7.54. The van der Waals surface area contributed by atoms with Crippen LogP contribution in [0.25, 0.3) is 0 Å². The molecule has 3 rings (SSSR count). The summed E-state index contributed by atoms with van der Waals surface area (Å²) < 4.78 is 0. The molecule has 1 fully saturated rings. The number of nitrogens with zero attached hydrogens (tertiary/aromatic N) is 1. The fourth-order valence-corrected chi connectivity index (χ4v) is 3.38. The van der Waals surface area contributed by atoms with E-state index < -0.39 is 12.0 Å². The van der Waals surface area contributed by atoms with Crippen LogP contribution in [0.2, 0.25) is 0 Å². The highest BCUT2D eigenvalue weighted by atomic mass is 16.4. The van der Waals surface area contributed by atoms with Crippen LogP contribution >= 0.6 is 0 Å². The van der Waals surface area contributed by atoms with Crippen molar-refractivity contribution in [1.82, 2.24) is 4.90 Å². The van der Waals surface area contributed by atoms with E-state index in [0.29, 0.717) is 13.0 Å². The normalized spacial score (nSPS) is 24.9. The topological polar surface area (TPSA) is 69.6 Å². The molecule has 2 heterocycles. The number of anilines is 1. The number of likely N-dealkylation sites (tertiary alicyclic amines) is 1. The molecule has 1 saturated heterocycles. The number of carbonyl (C=O) groups excluding carboxylic acids is 1. The molecule has 0 saturated carbocycles. The number of nitrogens with one attached hydrogen (secondary N) is 1. The molecule has 1 amide bonds. The second-order valence-corrected chi connectivity index (χ2v) is 5.74. The highest BCUT2D eigenvalue weighted by Gasteiger charge is 2.37. The molecule has 0 bridgehead atoms. The van der Waals surface area contributed by atoms with Gasteiger partial charge in [0.1, 0.15) is 6.04 Å². The molecule has 0 spiro atoms. The Morgan fingerprint density at radius 2 is 2.00 bits per heavy atom. The smallest absolute Gasteiger partial charge is 0.326 e. The van der Waals surface area contributed by atoms with Crippen molar-refractivity contribution >= 4 is 17.6 Å². The summed E-state index contributed by atoms with van der Waals surface area (Å²) in [5.41, 5.74) is 1.98. The third-order valence-electron chi connectivity index (χ3n) is 4.45. The van der Waals surface area contributed by atoms with E-state index >= 15 is 0 Å². The SMILES string of the molecule is O=C(O)C1CCCCN1C(=O)C1CCNc2ccccc21. The second-order valence-electron chi connectivity index (χ2n) is 5.74. The largest absolute Gasteiger partial charge is 0.480 e. The Balaban J connectivity index is 1.86. The zero-order chi connectivity index (χ0) is 14.8. The summed E-state index contributed by atoms with van der Waals surface area (Å²) in [5, 5.41) is 12.6. The molecule has 0 aliphatic carbocycles. The maximum Gasteiger partial charge on any atom is 0.326 e. The van der Waals surface area contributed by atoms with Gasteiger partial charge in [-0.25, -0.2) is 4.79 Å². The van der Waals surface area contributed by atoms with Gasteiger partial charge in [0.15, 0.2) is 0 Å². The number of carboxylic acids is 1. The number of hydrogen-bond acceptors (Lipinski definition) is 3. The second kappa shape index (κ2) is 5.76. The Morgan fingerprint density at radius 1 is 1.19 bits per heavy atom. The summed E-state index contributed by atoms with van der Waals surface area (Å²) in [6, 6.07) is 7.15. The standard InChI is InChI=1S/C16H20N2O3/c19-15(18-10-4-3-7-14(18)16(20)21)12-8-9-17-13-6-2-1-5-11(12)13/h1-2,5-6,12,14,17H,3-4,7-10H2,(H,20,21). The highest BCUT2D eigenvalue weighted by Crippen LogP contribution is 2.34. The summed E-state index contributed by atoms with van der Waals surface area (Å²) in [5.74, 6) is -1.14. The van der Waals surface area contributed by atoms with Crippen molar-refractivity contribution < 1.29 is 14.7 Å². The van der Waals surface area contributed by atoms with Gasteiger partial charge in [-0.15, -0.1) is 0 Å². The number of piperidine rings is 1. The molecule has 0 radical (unpaired) electrons. The number of fused-ring (bicyclic) bond motifs is 1. The van der Waals surface area contributed by atoms with Gasteiger partial charge in [0.25, 0.3) is 0 Å². The van der Waals surface area contributed by atoms with Crippen LogP contribution in [-0.4, -0.2) is 41.0 Å². The monoisotopic (exact) mass is 288 g/mol. The van der Waals surface area contributed by atoms with E-state index in [2.05, 4.69) is 5.32 Å². The maximum absolute atomic E-state index is 12.9. The van der Waals surface area contributed by atoms with Gasteiger partial charge in [-0.2, -0.15) is 0 Å². The molecule has 1 aromatic carbocycles. The number of rotatable bonds is 2. The molecule has 2 atom stereocenters. The highest BCUT2D eigenvalue weighted by molar-refractivity contribution is 5.90. The van der Waals surface area contributed by atoms with Crippen LogP contribution in [0.15, 0.2) is 24.3 Å². The summed E-state index contributed by atoms with van der Waals surface area (Å²) in [6.45, 7) is 1.31. The third kappa shape index (κ3) is 2.60. The van der Waals surface area contributed by atoms with Crippen molar-refractivity contribution in [3.05, 3.63) is 29.8 Å². The number of hydrogen-bond donors (Lipinski definition) is 2. The third-order valence-corrected chi connectivity index (χ3v) is 4.45. The van der Waals surface area contributed by atoms with Crippen molar-refractivity contribution in [2.75, 3.05) is 18.4 Å². The van der Waals surface area contributed by atoms with Crippen molar-refractivity contribution in [2.45, 2.75) is 37.6 Å². The molecule has 112 valence electrons. The first-order chi connectivity index (χ1) is 10.2. The molecule has 2 aliphatic heterocycles. The van der Waals surface area contributed by atoms with Crippen molar-refractivity contribution in [3.63, 3.8) is 0 Å². The summed E-state index contributed by atoms with van der Waals surface area (Å²) in [7, 11) is 0. The lowest BCUT2D eigenvalue weighted by Gasteiger charge is -2.37. The number of carboxylic acid groups (broad SMARTS) is 1. The predicted octanol–water partition coefficient (Wildman–Crippen LogP) is 2.05. The first kappa shape index (κ1) is 13.9. The zero-order valence-corrected chi connectivity index (χ0v) is 11.9. The van der Waals surface area contributed by atoms with Crippen molar-refractivity contribution in [1.29, 1.82) is 0 Å². The average Bonchev–Trinajstić information content (AvgIpc) is 2.53. The van der Waals surface area contributed by atoms with E-state index in [1.54, 1.807) is 4.90 Å². The average molecular weight is 288 g/mol. The molecular formula is C16H20N2O3. The lowest BCUT2D eigenvalue weighted by molar-refractivity contribution is -0.152. The van der Waals surface area contributed by atoms with Crippen molar-refractivity contribution in [2.24, 2.45) is 0 Å². The van der Waals surface area contributed by atoms with Gasteiger partial charge < -0.3 is 15.3 Å². The summed E-state index contributed by atoms with van der Waals surface area (Å²) in [4.78, 5) is 25.8. The maximum atomic E-state index is 12.9. The number of amides is 1. The zero-order valence-electron chi connectivity index (χ0n) is 11.9. The van der Waals surface area contributed by atoms with E-state index in [4.69, 9.17) is 0 Å². The minimum atomic E-state index is -0.884. The lowest BCUT2D eigenvalue weighted by atomic mass is 9.88. The molecule has 2 N–H and O–H groups in total. The predicted molar refractivity (Wildman–Crippen MR) is 79.3 cm³/mol. The Bertz CT molecular complexity index is 558. The fourth-order valence-electron chi connectivity index (χ4n) is 3.38. The minimum absolute atomic E-state index is 0.0314. The van der Waals surface area contributed by atoms with E-state index in [0.717, 1.165) is 37.1 Å². The van der Waals surface area contributed by atoms with Crippen LogP contribution < -0.4 is 5.32 Å². The molecule has 2 unspecified atom stereocenters. The quantitative estimate of drug-likeness (QED) is 0.874. The molecular weight excluding hydrogens is 268 g/mol. The Kier molecular flexibility index (Phi) is 3.82. The van der Waals surface area contributed by atoms with Crippen molar-refractivity contribution in [3.8, 4) is 0 Å². The Hall–Kier alpha value is -2.04. The van der Waals surface area contributed by atoms with Gasteiger partial charge in [0.2, 0.25) is 5.91 Å². The van der Waals surface area contributed by atoms with Crippen LogP contribution in [0.4, 0.5) is 5.69 Å². The molecule has 5 heteroatoms. The minimum Gasteiger partial charge on any atom is -0.480 e. The Labute approximate surface area is 123 Å². The lowest BCUT2D eigenvalue weighted by Crippen LogP contribution is -2.50. The first-order valence-electron chi connectivity index (χ1n) is 7.54. The number of aliphatic carboxylic acids is 1. The number of benzene rings is 1. The molecule has 5 nitrogen and oxygen atoms in total. The van der Waals surface area contributed by atoms with Gasteiger partial charge >= 0.3 is 5.97 Å². The van der Waals surface area contributed by atoms with Crippen LogP contribution in [0.1, 0.15) is 37.2 Å². The van der Waals surface area contributed by atoms with E-state index in [1.807, 2.05) is 24.3 Å². The summed E-state index contributed by atoms with van der Waals surface area (Å²) in [6.07, 6.45) is 3.05. The van der Waals surface area contributed by atoms with Gasteiger partial charge in [0.05, 0.1) is 5.92 Å². The van der Waals surface area contributed by atoms with E-state index in [9.17, 15) is 14.7 Å². The fraction of sp³-hybridized carbons (Fsp3) is 0.500.